The van der Waals surface area contributed by atoms with E-state index in [-0.39, 0.29) is 12.5 Å². The highest BCUT2D eigenvalue weighted by Crippen LogP contribution is 2.25. The van der Waals surface area contributed by atoms with Crippen LogP contribution in [0.5, 0.6) is 0 Å². The van der Waals surface area contributed by atoms with Crippen molar-refractivity contribution in [3.05, 3.63) is 0 Å². The zero-order valence-electron chi connectivity index (χ0n) is 35.5. The van der Waals surface area contributed by atoms with E-state index in [9.17, 15) is 15.3 Å². The maximum Gasteiger partial charge on any atom is 0.103 e. The van der Waals surface area contributed by atoms with Crippen LogP contribution in [0.25, 0.3) is 0 Å². The van der Waals surface area contributed by atoms with Crippen LogP contribution in [0.1, 0.15) is 284 Å². The van der Waals surface area contributed by atoms with Crippen LogP contribution >= 0.6 is 0 Å². The van der Waals surface area contributed by atoms with Gasteiger partial charge in [-0.1, -0.05) is 271 Å². The van der Waals surface area contributed by atoms with Gasteiger partial charge in [-0.3, -0.25) is 0 Å². The average Bonchev–Trinajstić information content (AvgIpc) is 3.14. The molecule has 0 rings (SSSR count). The number of hydrogen-bond acceptors (Lipinski definition) is 3. The second-order valence-electron chi connectivity index (χ2n) is 17.0. The van der Waals surface area contributed by atoms with Crippen LogP contribution in [0.4, 0.5) is 0 Å². The lowest BCUT2D eigenvalue weighted by atomic mass is 9.87. The van der Waals surface area contributed by atoms with Gasteiger partial charge in [0.05, 0.1) is 12.7 Å². The summed E-state index contributed by atoms with van der Waals surface area (Å²) in [5.74, 6) is 0.123. The van der Waals surface area contributed by atoms with Crippen molar-refractivity contribution in [2.45, 2.75) is 296 Å². The third-order valence-electron chi connectivity index (χ3n) is 11.9. The lowest BCUT2D eigenvalue weighted by molar-refractivity contribution is -0.0475. The highest BCUT2D eigenvalue weighted by atomic mass is 16.4. The molecule has 2 atom stereocenters. The minimum Gasteiger partial charge on any atom is -0.394 e. The van der Waals surface area contributed by atoms with Crippen LogP contribution in [-0.4, -0.2) is 34.1 Å². The first-order chi connectivity index (χ1) is 25.2. The van der Waals surface area contributed by atoms with Crippen molar-refractivity contribution in [2.24, 2.45) is 5.92 Å². The predicted octanol–water partition coefficient (Wildman–Crippen LogP) is 15.7. The SMILES string of the molecule is CCCCCCCCCCCCCCCCCCCCCCC(CCCCCCCCCCCCCCCCCCCCCC)[C@H](O)[C@H](O)CO. The van der Waals surface area contributed by atoms with Crippen molar-refractivity contribution >= 4 is 0 Å². The van der Waals surface area contributed by atoms with E-state index in [1.54, 1.807) is 0 Å². The summed E-state index contributed by atoms with van der Waals surface area (Å²) in [5.41, 5.74) is 0. The standard InChI is InChI=1S/C48H98O3/c1-3-5-7-9-11-13-15-17-19-21-23-25-27-29-31-33-35-37-39-41-43-46(48(51)47(50)45-49)44-42-40-38-36-34-32-30-28-26-24-22-20-18-16-14-12-10-8-6-4-2/h46-51H,3-45H2,1-2H3/t47-,48+/m1/s1. The first kappa shape index (κ1) is 50.9. The minimum absolute atomic E-state index is 0.123. The molecular weight excluding hydrogens is 625 g/mol. The molecule has 0 aliphatic carbocycles. The van der Waals surface area contributed by atoms with E-state index in [1.807, 2.05) is 0 Å². The molecule has 0 aliphatic heterocycles. The van der Waals surface area contributed by atoms with Crippen molar-refractivity contribution in [1.82, 2.24) is 0 Å². The van der Waals surface area contributed by atoms with E-state index >= 15 is 0 Å². The highest BCUT2D eigenvalue weighted by Gasteiger charge is 2.25. The summed E-state index contributed by atoms with van der Waals surface area (Å²) in [6.45, 7) is 4.26. The monoisotopic (exact) mass is 723 g/mol. The largest absolute Gasteiger partial charge is 0.394 e. The van der Waals surface area contributed by atoms with Gasteiger partial charge in [0, 0.05) is 0 Å². The Labute approximate surface area is 322 Å². The van der Waals surface area contributed by atoms with Gasteiger partial charge in [-0.25, -0.2) is 0 Å². The van der Waals surface area contributed by atoms with Gasteiger partial charge >= 0.3 is 0 Å². The summed E-state index contributed by atoms with van der Waals surface area (Å²) in [5, 5.41) is 30.2. The van der Waals surface area contributed by atoms with Gasteiger partial charge in [-0.05, 0) is 18.8 Å². The molecule has 0 aromatic carbocycles. The lowest BCUT2D eigenvalue weighted by Crippen LogP contribution is -2.36. The minimum atomic E-state index is -0.995. The molecule has 0 aliphatic rings. The van der Waals surface area contributed by atoms with Crippen LogP contribution in [0.15, 0.2) is 0 Å². The van der Waals surface area contributed by atoms with E-state index in [1.165, 1.54) is 244 Å². The fourth-order valence-corrected chi connectivity index (χ4v) is 8.23. The zero-order chi connectivity index (χ0) is 37.1. The zero-order valence-corrected chi connectivity index (χ0v) is 35.5. The summed E-state index contributed by atoms with van der Waals surface area (Å²) >= 11 is 0. The van der Waals surface area contributed by atoms with Gasteiger partial charge in [0.15, 0.2) is 0 Å². The van der Waals surface area contributed by atoms with E-state index < -0.39 is 12.2 Å². The Morgan fingerprint density at radius 1 is 0.275 bits per heavy atom. The van der Waals surface area contributed by atoms with Crippen LogP contribution in [0.3, 0.4) is 0 Å². The maximum atomic E-state index is 10.7. The summed E-state index contributed by atoms with van der Waals surface area (Å²) < 4.78 is 0. The smallest absolute Gasteiger partial charge is 0.103 e. The molecule has 0 heterocycles. The molecule has 51 heavy (non-hydrogen) atoms. The molecule has 0 saturated heterocycles. The second kappa shape index (κ2) is 44.3. The van der Waals surface area contributed by atoms with E-state index in [0.29, 0.717) is 0 Å². The van der Waals surface area contributed by atoms with Crippen LogP contribution in [-0.2, 0) is 0 Å². The van der Waals surface area contributed by atoms with Gasteiger partial charge in [0.2, 0.25) is 0 Å². The summed E-state index contributed by atoms with van der Waals surface area (Å²) in [7, 11) is 0. The first-order valence-electron chi connectivity index (χ1n) is 24.1. The Morgan fingerprint density at radius 2 is 0.451 bits per heavy atom. The molecule has 0 spiro atoms. The maximum absolute atomic E-state index is 10.7. The molecule has 0 aromatic rings. The molecule has 308 valence electrons. The molecular formula is C48H98O3. The fourth-order valence-electron chi connectivity index (χ4n) is 8.23. The van der Waals surface area contributed by atoms with Crippen molar-refractivity contribution in [1.29, 1.82) is 0 Å². The Morgan fingerprint density at radius 3 is 0.627 bits per heavy atom. The van der Waals surface area contributed by atoms with Crippen LogP contribution in [0.2, 0.25) is 0 Å². The van der Waals surface area contributed by atoms with E-state index in [4.69, 9.17) is 0 Å². The molecule has 3 heteroatoms. The predicted molar refractivity (Wildman–Crippen MR) is 228 cm³/mol. The quantitative estimate of drug-likeness (QED) is 0.0548. The number of rotatable bonds is 45. The molecule has 0 amide bonds. The van der Waals surface area contributed by atoms with E-state index in [2.05, 4.69) is 13.8 Å². The molecule has 0 fully saturated rings. The van der Waals surface area contributed by atoms with Crippen molar-refractivity contribution in [3.8, 4) is 0 Å². The van der Waals surface area contributed by atoms with Crippen molar-refractivity contribution in [2.75, 3.05) is 6.61 Å². The molecule has 0 unspecified atom stereocenters. The third-order valence-corrected chi connectivity index (χ3v) is 11.9. The van der Waals surface area contributed by atoms with Crippen molar-refractivity contribution < 1.29 is 15.3 Å². The highest BCUT2D eigenvalue weighted by molar-refractivity contribution is 4.76. The van der Waals surface area contributed by atoms with Gasteiger partial charge in [-0.15, -0.1) is 0 Å². The number of hydrogen-bond donors (Lipinski definition) is 3. The summed E-state index contributed by atoms with van der Waals surface area (Å²) in [4.78, 5) is 0. The Kier molecular flexibility index (Phi) is 44.2. The van der Waals surface area contributed by atoms with Gasteiger partial charge in [0.1, 0.15) is 6.10 Å². The first-order valence-corrected chi connectivity index (χ1v) is 24.1. The number of aliphatic hydroxyl groups excluding tert-OH is 3. The van der Waals surface area contributed by atoms with Gasteiger partial charge in [-0.2, -0.15) is 0 Å². The van der Waals surface area contributed by atoms with Crippen LogP contribution in [0, 0.1) is 5.92 Å². The normalized spacial score (nSPS) is 13.1. The Balaban J connectivity index is 3.61. The molecule has 3 N–H and O–H groups in total. The third kappa shape index (κ3) is 39.4. The average molecular weight is 723 g/mol. The molecule has 0 aromatic heterocycles. The molecule has 0 bridgehead atoms. The van der Waals surface area contributed by atoms with Crippen LogP contribution < -0.4 is 0 Å². The summed E-state index contributed by atoms with van der Waals surface area (Å²) in [6.07, 6.45) is 55.9. The molecule has 0 saturated carbocycles. The molecule has 3 nitrogen and oxygen atoms in total. The van der Waals surface area contributed by atoms with E-state index in [0.717, 1.165) is 25.7 Å². The Hall–Kier alpha value is -0.120. The number of aliphatic hydroxyl groups is 3. The Bertz CT molecular complexity index is 565. The summed E-state index contributed by atoms with van der Waals surface area (Å²) in [6, 6.07) is 0. The topological polar surface area (TPSA) is 60.7 Å². The van der Waals surface area contributed by atoms with Crippen molar-refractivity contribution in [3.63, 3.8) is 0 Å². The van der Waals surface area contributed by atoms with Gasteiger partial charge < -0.3 is 15.3 Å². The molecule has 0 radical (unpaired) electrons. The van der Waals surface area contributed by atoms with Gasteiger partial charge in [0.25, 0.3) is 0 Å². The number of unbranched alkanes of at least 4 members (excludes halogenated alkanes) is 38. The fraction of sp³-hybridized carbons (Fsp3) is 1.00. The second-order valence-corrected chi connectivity index (χ2v) is 17.0. The lowest BCUT2D eigenvalue weighted by Gasteiger charge is -2.26.